The Morgan fingerprint density at radius 3 is 2.14 bits per heavy atom. The maximum Gasteiger partial charge on any atom is 0.251 e. The van der Waals surface area contributed by atoms with Crippen LogP contribution in [0.25, 0.3) is 0 Å². The van der Waals surface area contributed by atoms with Gasteiger partial charge in [-0.25, -0.2) is 0 Å². The SMILES string of the molecule is Bc1ccc(C(=O)NC(C)(C)C)cc1. The predicted molar refractivity (Wildman–Crippen MR) is 61.8 cm³/mol. The van der Waals surface area contributed by atoms with E-state index in [9.17, 15) is 4.79 Å². The Bertz CT molecular complexity index is 324. The van der Waals surface area contributed by atoms with Crippen LogP contribution < -0.4 is 10.8 Å². The second kappa shape index (κ2) is 3.87. The molecule has 1 N–H and O–H groups in total. The zero-order chi connectivity index (χ0) is 10.8. The highest BCUT2D eigenvalue weighted by Crippen LogP contribution is 2.03. The van der Waals surface area contributed by atoms with Crippen molar-refractivity contribution in [1.29, 1.82) is 0 Å². The van der Waals surface area contributed by atoms with Crippen molar-refractivity contribution in [1.82, 2.24) is 5.32 Å². The van der Waals surface area contributed by atoms with Crippen LogP contribution >= 0.6 is 0 Å². The fraction of sp³-hybridized carbons (Fsp3) is 0.364. The van der Waals surface area contributed by atoms with Gasteiger partial charge < -0.3 is 5.32 Å². The molecule has 0 saturated carbocycles. The predicted octanol–water partition coefficient (Wildman–Crippen LogP) is 0.473. The third-order valence-corrected chi connectivity index (χ3v) is 1.80. The fourth-order valence-electron chi connectivity index (χ4n) is 1.12. The highest BCUT2D eigenvalue weighted by molar-refractivity contribution is 6.32. The molecule has 0 radical (unpaired) electrons. The molecule has 0 aliphatic rings. The second-order valence-corrected chi connectivity index (χ2v) is 4.57. The highest BCUT2D eigenvalue weighted by atomic mass is 16.1. The second-order valence-electron chi connectivity index (χ2n) is 4.57. The minimum Gasteiger partial charge on any atom is -0.347 e. The molecule has 0 aromatic heterocycles. The molecule has 0 fully saturated rings. The van der Waals surface area contributed by atoms with E-state index < -0.39 is 0 Å². The molecule has 0 unspecified atom stereocenters. The molecule has 2 nitrogen and oxygen atoms in total. The average molecular weight is 189 g/mol. The molecule has 3 heteroatoms. The van der Waals surface area contributed by atoms with Crippen LogP contribution in [0, 0.1) is 0 Å². The summed E-state index contributed by atoms with van der Waals surface area (Å²) < 4.78 is 0. The number of hydrogen-bond donors (Lipinski definition) is 1. The Morgan fingerprint density at radius 2 is 1.71 bits per heavy atom. The van der Waals surface area contributed by atoms with Crippen molar-refractivity contribution in [2.24, 2.45) is 0 Å². The van der Waals surface area contributed by atoms with Crippen LogP contribution in [-0.2, 0) is 0 Å². The molecule has 0 saturated heterocycles. The summed E-state index contributed by atoms with van der Waals surface area (Å²) in [6.45, 7) is 5.91. The molecule has 0 bridgehead atoms. The lowest BCUT2D eigenvalue weighted by Crippen LogP contribution is -2.40. The van der Waals surface area contributed by atoms with Crippen molar-refractivity contribution in [2.75, 3.05) is 0 Å². The number of amides is 1. The summed E-state index contributed by atoms with van der Waals surface area (Å²) in [5.41, 5.74) is 1.70. The van der Waals surface area contributed by atoms with Crippen LogP contribution in [0.2, 0.25) is 0 Å². The maximum atomic E-state index is 11.7. The van der Waals surface area contributed by atoms with E-state index in [0.717, 1.165) is 5.46 Å². The summed E-state index contributed by atoms with van der Waals surface area (Å²) in [5.74, 6) is -0.0162. The summed E-state index contributed by atoms with van der Waals surface area (Å²) >= 11 is 0. The Labute approximate surface area is 86.1 Å². The van der Waals surface area contributed by atoms with Gasteiger partial charge in [-0.1, -0.05) is 29.7 Å². The standard InChI is InChI=1S/C11H16BNO/c1-11(2,3)13-10(14)8-4-6-9(12)7-5-8/h4-7H,12H2,1-3H3,(H,13,14). The van der Waals surface area contributed by atoms with Gasteiger partial charge in [0.05, 0.1) is 0 Å². The van der Waals surface area contributed by atoms with Crippen LogP contribution in [0.4, 0.5) is 0 Å². The molecular formula is C11H16BNO. The smallest absolute Gasteiger partial charge is 0.251 e. The fourth-order valence-corrected chi connectivity index (χ4v) is 1.12. The van der Waals surface area contributed by atoms with E-state index in [-0.39, 0.29) is 11.4 Å². The van der Waals surface area contributed by atoms with Crippen LogP contribution in [-0.4, -0.2) is 19.3 Å². The highest BCUT2D eigenvalue weighted by Gasteiger charge is 2.14. The van der Waals surface area contributed by atoms with Gasteiger partial charge >= 0.3 is 0 Å². The van der Waals surface area contributed by atoms with E-state index in [4.69, 9.17) is 0 Å². The average Bonchev–Trinajstić information content (AvgIpc) is 2.02. The van der Waals surface area contributed by atoms with Crippen molar-refractivity contribution in [2.45, 2.75) is 26.3 Å². The summed E-state index contributed by atoms with van der Waals surface area (Å²) in [6.07, 6.45) is 0. The first-order valence-electron chi connectivity index (χ1n) is 4.78. The molecular weight excluding hydrogens is 173 g/mol. The van der Waals surface area contributed by atoms with Gasteiger partial charge in [0.1, 0.15) is 7.85 Å². The first kappa shape index (κ1) is 10.8. The van der Waals surface area contributed by atoms with Gasteiger partial charge in [-0.2, -0.15) is 0 Å². The molecule has 0 aliphatic carbocycles. The number of benzene rings is 1. The number of carbonyl (C=O) groups is 1. The van der Waals surface area contributed by atoms with Crippen LogP contribution in [0.3, 0.4) is 0 Å². The lowest BCUT2D eigenvalue weighted by molar-refractivity contribution is 0.0919. The van der Waals surface area contributed by atoms with Crippen molar-refractivity contribution >= 4 is 19.2 Å². The van der Waals surface area contributed by atoms with E-state index in [1.807, 2.05) is 52.9 Å². The van der Waals surface area contributed by atoms with Gasteiger partial charge in [-0.3, -0.25) is 4.79 Å². The van der Waals surface area contributed by atoms with Gasteiger partial charge in [0.2, 0.25) is 0 Å². The minimum atomic E-state index is -0.179. The van der Waals surface area contributed by atoms with Crippen molar-refractivity contribution < 1.29 is 4.79 Å². The first-order chi connectivity index (χ1) is 6.38. The largest absolute Gasteiger partial charge is 0.347 e. The minimum absolute atomic E-state index is 0.0162. The van der Waals surface area contributed by atoms with Gasteiger partial charge in [0.25, 0.3) is 5.91 Å². The molecule has 1 rings (SSSR count). The zero-order valence-electron chi connectivity index (χ0n) is 9.22. The Balaban J connectivity index is 2.76. The molecule has 1 aromatic rings. The molecule has 0 atom stereocenters. The molecule has 1 aromatic carbocycles. The number of nitrogens with one attached hydrogen (secondary N) is 1. The third-order valence-electron chi connectivity index (χ3n) is 1.80. The quantitative estimate of drug-likeness (QED) is 0.639. The first-order valence-corrected chi connectivity index (χ1v) is 4.78. The number of hydrogen-bond acceptors (Lipinski definition) is 1. The van der Waals surface area contributed by atoms with E-state index in [2.05, 4.69) is 5.32 Å². The lowest BCUT2D eigenvalue weighted by atomic mass is 9.95. The van der Waals surface area contributed by atoms with E-state index in [0.29, 0.717) is 5.56 Å². The molecule has 14 heavy (non-hydrogen) atoms. The van der Waals surface area contributed by atoms with Crippen LogP contribution in [0.1, 0.15) is 31.1 Å². The molecule has 74 valence electrons. The summed E-state index contributed by atoms with van der Waals surface area (Å²) in [7, 11) is 2.01. The molecule has 0 spiro atoms. The lowest BCUT2D eigenvalue weighted by Gasteiger charge is -2.20. The van der Waals surface area contributed by atoms with E-state index >= 15 is 0 Å². The molecule has 0 heterocycles. The van der Waals surface area contributed by atoms with E-state index in [1.165, 1.54) is 0 Å². The van der Waals surface area contributed by atoms with Crippen LogP contribution in [0.5, 0.6) is 0 Å². The van der Waals surface area contributed by atoms with Crippen LogP contribution in [0.15, 0.2) is 24.3 Å². The van der Waals surface area contributed by atoms with Crippen molar-refractivity contribution in [3.05, 3.63) is 29.8 Å². The zero-order valence-corrected chi connectivity index (χ0v) is 9.22. The molecule has 1 amide bonds. The summed E-state index contributed by atoms with van der Waals surface area (Å²) in [4.78, 5) is 11.7. The van der Waals surface area contributed by atoms with Gasteiger partial charge in [0.15, 0.2) is 0 Å². The number of rotatable bonds is 1. The maximum absolute atomic E-state index is 11.7. The normalized spacial score (nSPS) is 11.1. The Kier molecular flexibility index (Phi) is 2.99. The van der Waals surface area contributed by atoms with Crippen molar-refractivity contribution in [3.8, 4) is 0 Å². The van der Waals surface area contributed by atoms with Crippen molar-refractivity contribution in [3.63, 3.8) is 0 Å². The molecule has 0 aliphatic heterocycles. The van der Waals surface area contributed by atoms with E-state index in [1.54, 1.807) is 0 Å². The number of carbonyl (C=O) groups excluding carboxylic acids is 1. The Hall–Kier alpha value is -1.25. The Morgan fingerprint density at radius 1 is 1.21 bits per heavy atom. The topological polar surface area (TPSA) is 29.1 Å². The van der Waals surface area contributed by atoms with Gasteiger partial charge in [-0.15, -0.1) is 0 Å². The van der Waals surface area contributed by atoms with Gasteiger partial charge in [-0.05, 0) is 20.8 Å². The third kappa shape index (κ3) is 3.25. The monoisotopic (exact) mass is 189 g/mol. The summed E-state index contributed by atoms with van der Waals surface area (Å²) in [5, 5.41) is 2.92. The summed E-state index contributed by atoms with van der Waals surface area (Å²) in [6, 6.07) is 7.57. The van der Waals surface area contributed by atoms with Gasteiger partial charge in [0, 0.05) is 11.1 Å².